The molecule has 1 fully saturated rings. The lowest BCUT2D eigenvalue weighted by atomic mass is 9.96. The second kappa shape index (κ2) is 7.59. The maximum Gasteiger partial charge on any atom is 0.149 e. The molecule has 0 radical (unpaired) electrons. The monoisotopic (exact) mass is 373 g/mol. The van der Waals surface area contributed by atoms with Crippen molar-refractivity contribution in [3.8, 4) is 17.2 Å². The lowest BCUT2D eigenvalue weighted by Gasteiger charge is -2.29. The summed E-state index contributed by atoms with van der Waals surface area (Å²) in [4.78, 5) is 6.88. The Morgan fingerprint density at radius 1 is 1.14 bits per heavy atom. The van der Waals surface area contributed by atoms with E-state index >= 15 is 0 Å². The Kier molecular flexibility index (Phi) is 4.99. The standard InChI is InChI=1S/C23H23N3O2/c1-15-11-19(16(2)27)21-13-20(23(14-24)25-22(21)12-15)17-3-5-18(6-4-17)26-7-9-28-10-8-26/h3-6,11-13,16,27H,7-10H2,1-2H3. The van der Waals surface area contributed by atoms with E-state index in [9.17, 15) is 10.4 Å². The number of ether oxygens (including phenoxy) is 1. The number of aromatic nitrogens is 1. The van der Waals surface area contributed by atoms with Gasteiger partial charge in [-0.05, 0) is 54.8 Å². The molecule has 28 heavy (non-hydrogen) atoms. The van der Waals surface area contributed by atoms with Crippen molar-refractivity contribution >= 4 is 16.6 Å². The van der Waals surface area contributed by atoms with Gasteiger partial charge in [0, 0.05) is 29.7 Å². The number of aliphatic hydroxyl groups excluding tert-OH is 1. The topological polar surface area (TPSA) is 69.4 Å². The SMILES string of the molecule is Cc1cc(C(C)O)c2cc(-c3ccc(N4CCOCC4)cc3)c(C#N)nc2c1. The first-order valence-corrected chi connectivity index (χ1v) is 9.53. The minimum atomic E-state index is -0.603. The summed E-state index contributed by atoms with van der Waals surface area (Å²) < 4.78 is 5.42. The van der Waals surface area contributed by atoms with Gasteiger partial charge in [-0.3, -0.25) is 0 Å². The molecule has 1 N–H and O–H groups in total. The first-order chi connectivity index (χ1) is 13.6. The minimum Gasteiger partial charge on any atom is -0.389 e. The van der Waals surface area contributed by atoms with Gasteiger partial charge in [-0.1, -0.05) is 18.2 Å². The van der Waals surface area contributed by atoms with Crippen LogP contribution in [0.15, 0.2) is 42.5 Å². The molecule has 1 aromatic heterocycles. The van der Waals surface area contributed by atoms with Crippen molar-refractivity contribution in [2.24, 2.45) is 0 Å². The predicted octanol–water partition coefficient (Wildman–Crippen LogP) is 3.97. The molecule has 0 saturated carbocycles. The van der Waals surface area contributed by atoms with Crippen LogP contribution in [0.1, 0.15) is 29.8 Å². The molecule has 0 spiro atoms. The number of hydrogen-bond acceptors (Lipinski definition) is 5. The Morgan fingerprint density at radius 2 is 1.86 bits per heavy atom. The molecule has 5 heteroatoms. The number of anilines is 1. The van der Waals surface area contributed by atoms with E-state index in [0.29, 0.717) is 5.69 Å². The predicted molar refractivity (Wildman–Crippen MR) is 110 cm³/mol. The van der Waals surface area contributed by atoms with Gasteiger partial charge in [0.2, 0.25) is 0 Å². The van der Waals surface area contributed by atoms with Crippen molar-refractivity contribution < 1.29 is 9.84 Å². The largest absolute Gasteiger partial charge is 0.389 e. The third kappa shape index (κ3) is 3.45. The van der Waals surface area contributed by atoms with Gasteiger partial charge in [0.1, 0.15) is 11.8 Å². The molecule has 1 unspecified atom stereocenters. The molecule has 0 bridgehead atoms. The fraction of sp³-hybridized carbons (Fsp3) is 0.304. The van der Waals surface area contributed by atoms with Crippen molar-refractivity contribution in [1.82, 2.24) is 4.98 Å². The number of hydrogen-bond donors (Lipinski definition) is 1. The summed E-state index contributed by atoms with van der Waals surface area (Å²) in [7, 11) is 0. The summed E-state index contributed by atoms with van der Waals surface area (Å²) in [6.45, 7) is 6.99. The Bertz CT molecular complexity index is 1050. The third-order valence-corrected chi connectivity index (χ3v) is 5.22. The van der Waals surface area contributed by atoms with Crippen LogP contribution in [-0.2, 0) is 4.74 Å². The molecule has 1 atom stereocenters. The van der Waals surface area contributed by atoms with Crippen molar-refractivity contribution in [3.05, 3.63) is 59.3 Å². The number of morpholine rings is 1. The highest BCUT2D eigenvalue weighted by Gasteiger charge is 2.15. The van der Waals surface area contributed by atoms with Crippen LogP contribution in [0.2, 0.25) is 0 Å². The van der Waals surface area contributed by atoms with Gasteiger partial charge < -0.3 is 14.7 Å². The summed E-state index contributed by atoms with van der Waals surface area (Å²) in [6, 6.07) is 16.4. The molecular formula is C23H23N3O2. The van der Waals surface area contributed by atoms with Gasteiger partial charge in [0.25, 0.3) is 0 Å². The fourth-order valence-corrected chi connectivity index (χ4v) is 3.77. The summed E-state index contributed by atoms with van der Waals surface area (Å²) in [5.41, 5.74) is 5.87. The molecule has 2 aromatic carbocycles. The van der Waals surface area contributed by atoms with Crippen molar-refractivity contribution in [2.45, 2.75) is 20.0 Å². The molecule has 3 aromatic rings. The van der Waals surface area contributed by atoms with E-state index in [0.717, 1.165) is 65.1 Å². The molecule has 1 aliphatic rings. The van der Waals surface area contributed by atoms with E-state index in [4.69, 9.17) is 4.74 Å². The molecule has 1 saturated heterocycles. The molecule has 0 amide bonds. The number of benzene rings is 2. The van der Waals surface area contributed by atoms with Crippen molar-refractivity contribution in [3.63, 3.8) is 0 Å². The van der Waals surface area contributed by atoms with E-state index < -0.39 is 6.10 Å². The highest BCUT2D eigenvalue weighted by Crippen LogP contribution is 2.32. The highest BCUT2D eigenvalue weighted by atomic mass is 16.5. The summed E-state index contributed by atoms with van der Waals surface area (Å²) in [5.74, 6) is 0. The maximum absolute atomic E-state index is 10.2. The van der Waals surface area contributed by atoms with Crippen LogP contribution in [0.25, 0.3) is 22.0 Å². The zero-order chi connectivity index (χ0) is 19.7. The second-order valence-corrected chi connectivity index (χ2v) is 7.24. The molecular weight excluding hydrogens is 350 g/mol. The number of rotatable bonds is 3. The zero-order valence-corrected chi connectivity index (χ0v) is 16.1. The van der Waals surface area contributed by atoms with Gasteiger partial charge in [0.05, 0.1) is 24.8 Å². The fourth-order valence-electron chi connectivity index (χ4n) is 3.77. The van der Waals surface area contributed by atoms with Crippen LogP contribution in [-0.4, -0.2) is 36.4 Å². The van der Waals surface area contributed by atoms with Crippen LogP contribution in [0.4, 0.5) is 5.69 Å². The number of pyridine rings is 1. The quantitative estimate of drug-likeness (QED) is 0.752. The summed E-state index contributed by atoms with van der Waals surface area (Å²) in [5, 5.41) is 20.7. The summed E-state index contributed by atoms with van der Waals surface area (Å²) >= 11 is 0. The first kappa shape index (κ1) is 18.4. The highest BCUT2D eigenvalue weighted by molar-refractivity contribution is 5.89. The smallest absolute Gasteiger partial charge is 0.149 e. The first-order valence-electron chi connectivity index (χ1n) is 9.53. The number of aliphatic hydroxyl groups is 1. The number of fused-ring (bicyclic) bond motifs is 1. The van der Waals surface area contributed by atoms with Crippen LogP contribution >= 0.6 is 0 Å². The summed E-state index contributed by atoms with van der Waals surface area (Å²) in [6.07, 6.45) is -0.603. The van der Waals surface area contributed by atoms with E-state index in [1.807, 2.05) is 37.3 Å². The van der Waals surface area contributed by atoms with Crippen LogP contribution in [0, 0.1) is 18.3 Å². The van der Waals surface area contributed by atoms with Crippen molar-refractivity contribution in [1.29, 1.82) is 5.26 Å². The van der Waals surface area contributed by atoms with Crippen LogP contribution in [0.3, 0.4) is 0 Å². The lowest BCUT2D eigenvalue weighted by molar-refractivity contribution is 0.122. The number of nitrogens with zero attached hydrogens (tertiary/aromatic N) is 3. The van der Waals surface area contributed by atoms with Gasteiger partial charge in [-0.25, -0.2) is 4.98 Å². The Morgan fingerprint density at radius 3 is 2.50 bits per heavy atom. The average Bonchev–Trinajstić information content (AvgIpc) is 2.73. The molecule has 4 rings (SSSR count). The van der Waals surface area contributed by atoms with Crippen molar-refractivity contribution in [2.75, 3.05) is 31.2 Å². The minimum absolute atomic E-state index is 0.397. The van der Waals surface area contributed by atoms with Gasteiger partial charge in [-0.15, -0.1) is 0 Å². The van der Waals surface area contributed by atoms with E-state index in [1.165, 1.54) is 0 Å². The number of aryl methyl sites for hydroxylation is 1. The third-order valence-electron chi connectivity index (χ3n) is 5.22. The average molecular weight is 373 g/mol. The zero-order valence-electron chi connectivity index (χ0n) is 16.1. The van der Waals surface area contributed by atoms with Crippen LogP contribution in [0.5, 0.6) is 0 Å². The number of nitriles is 1. The van der Waals surface area contributed by atoms with E-state index in [-0.39, 0.29) is 0 Å². The molecule has 5 nitrogen and oxygen atoms in total. The molecule has 142 valence electrons. The second-order valence-electron chi connectivity index (χ2n) is 7.24. The Balaban J connectivity index is 1.80. The van der Waals surface area contributed by atoms with Gasteiger partial charge in [0.15, 0.2) is 0 Å². The van der Waals surface area contributed by atoms with Crippen LogP contribution < -0.4 is 4.90 Å². The van der Waals surface area contributed by atoms with Gasteiger partial charge >= 0.3 is 0 Å². The molecule has 1 aliphatic heterocycles. The maximum atomic E-state index is 10.2. The normalized spacial score (nSPS) is 15.4. The Labute approximate surface area is 164 Å². The Hall–Kier alpha value is -2.94. The lowest BCUT2D eigenvalue weighted by Crippen LogP contribution is -2.36. The van der Waals surface area contributed by atoms with E-state index in [1.54, 1.807) is 6.92 Å². The van der Waals surface area contributed by atoms with E-state index in [2.05, 4.69) is 28.1 Å². The molecule has 2 heterocycles. The van der Waals surface area contributed by atoms with Gasteiger partial charge in [-0.2, -0.15) is 5.26 Å². The molecule has 0 aliphatic carbocycles.